The van der Waals surface area contributed by atoms with Crippen LogP contribution in [-0.2, 0) is 13.2 Å². The van der Waals surface area contributed by atoms with Gasteiger partial charge in [-0.3, -0.25) is 0 Å². The lowest BCUT2D eigenvalue weighted by Crippen LogP contribution is -2.27. The van der Waals surface area contributed by atoms with E-state index in [1.54, 1.807) is 13.2 Å². The minimum Gasteiger partial charge on any atom is -0.493 e. The summed E-state index contributed by atoms with van der Waals surface area (Å²) in [6, 6.07) is 10.2. The lowest BCUT2D eigenvalue weighted by molar-refractivity contribution is 0.282. The molecular weight excluding hydrogens is 497 g/mol. The Labute approximate surface area is 198 Å². The molecule has 0 amide bonds. The molecule has 7 heteroatoms. The molecule has 2 aromatic rings. The van der Waals surface area contributed by atoms with Crippen LogP contribution in [0.1, 0.15) is 49.7 Å². The number of nitrogens with one attached hydrogen (secondary N) is 1. The molecule has 1 N–H and O–H groups in total. The van der Waals surface area contributed by atoms with Crippen LogP contribution in [0.3, 0.4) is 0 Å². The zero-order chi connectivity index (χ0) is 19.9. The van der Waals surface area contributed by atoms with Crippen LogP contribution in [0.2, 0.25) is 10.0 Å². The van der Waals surface area contributed by atoms with Gasteiger partial charge in [0.15, 0.2) is 11.5 Å². The highest BCUT2D eigenvalue weighted by atomic mass is 79.9. The zero-order valence-electron chi connectivity index (χ0n) is 16.5. The fraction of sp³-hybridized carbons (Fsp3) is 0.455. The highest BCUT2D eigenvalue weighted by Crippen LogP contribution is 2.37. The maximum Gasteiger partial charge on any atom is 0.175 e. The normalized spacial score (nSPS) is 14.8. The average Bonchev–Trinajstić information content (AvgIpc) is 2.96. The first-order valence-corrected chi connectivity index (χ1v) is 11.3. The maximum atomic E-state index is 6.09. The number of halogens is 4. The Balaban J connectivity index is 0.00000300. The zero-order valence-corrected chi connectivity index (χ0v) is 20.4. The second-order valence-electron chi connectivity index (χ2n) is 7.22. The van der Waals surface area contributed by atoms with Gasteiger partial charge in [0.2, 0.25) is 0 Å². The number of benzene rings is 2. The number of methoxy groups -OCH3 is 1. The predicted molar refractivity (Wildman–Crippen MR) is 127 cm³/mol. The molecule has 3 nitrogen and oxygen atoms in total. The van der Waals surface area contributed by atoms with Crippen LogP contribution in [-0.4, -0.2) is 13.2 Å². The van der Waals surface area contributed by atoms with Crippen molar-refractivity contribution in [3.8, 4) is 11.5 Å². The highest BCUT2D eigenvalue weighted by Gasteiger charge is 2.15. The van der Waals surface area contributed by atoms with Gasteiger partial charge in [0.05, 0.1) is 21.6 Å². The van der Waals surface area contributed by atoms with Crippen molar-refractivity contribution >= 4 is 51.5 Å². The van der Waals surface area contributed by atoms with E-state index in [4.69, 9.17) is 32.7 Å². The Kier molecular flexibility index (Phi) is 10.4. The standard InChI is InChI=1S/C22H26BrCl2NO2.ClH/c1-27-21-12-16(13-26-17-6-4-2-3-5-7-17)10-18(23)22(21)28-14-15-8-9-19(24)20(25)11-15;/h8-12,17,26H,2-7,13-14H2,1H3;1H. The summed E-state index contributed by atoms with van der Waals surface area (Å²) in [5.74, 6) is 1.40. The number of ether oxygens (including phenoxy) is 2. The summed E-state index contributed by atoms with van der Waals surface area (Å²) in [6.07, 6.45) is 7.91. The first-order valence-electron chi connectivity index (χ1n) is 9.73. The van der Waals surface area contributed by atoms with Crippen molar-refractivity contribution in [1.82, 2.24) is 5.32 Å². The van der Waals surface area contributed by atoms with Gasteiger partial charge in [-0.15, -0.1) is 12.4 Å². The summed E-state index contributed by atoms with van der Waals surface area (Å²) >= 11 is 15.7. The monoisotopic (exact) mass is 521 g/mol. The van der Waals surface area contributed by atoms with E-state index >= 15 is 0 Å². The van der Waals surface area contributed by atoms with Crippen molar-refractivity contribution in [1.29, 1.82) is 0 Å². The van der Waals surface area contributed by atoms with Crippen molar-refractivity contribution < 1.29 is 9.47 Å². The van der Waals surface area contributed by atoms with E-state index in [2.05, 4.69) is 27.3 Å². The van der Waals surface area contributed by atoms with Crippen LogP contribution in [0.5, 0.6) is 11.5 Å². The Bertz CT molecular complexity index is 796. The SMILES string of the molecule is COc1cc(CNC2CCCCCC2)cc(Br)c1OCc1ccc(Cl)c(Cl)c1.Cl. The van der Waals surface area contributed by atoms with Gasteiger partial charge in [-0.2, -0.15) is 0 Å². The number of hydrogen-bond acceptors (Lipinski definition) is 3. The van der Waals surface area contributed by atoms with Crippen LogP contribution < -0.4 is 14.8 Å². The molecule has 29 heavy (non-hydrogen) atoms. The molecule has 1 saturated carbocycles. The lowest BCUT2D eigenvalue weighted by Gasteiger charge is -2.18. The Hall–Kier alpha value is -0.650. The van der Waals surface area contributed by atoms with Crippen molar-refractivity contribution in [2.45, 2.75) is 57.7 Å². The summed E-state index contributed by atoms with van der Waals surface area (Å²) in [5, 5.41) is 4.76. The molecule has 0 atom stereocenters. The number of rotatable bonds is 7. The topological polar surface area (TPSA) is 30.5 Å². The van der Waals surface area contributed by atoms with Crippen LogP contribution in [0.25, 0.3) is 0 Å². The van der Waals surface area contributed by atoms with Crippen LogP contribution in [0.15, 0.2) is 34.8 Å². The van der Waals surface area contributed by atoms with E-state index in [0.717, 1.165) is 16.6 Å². The summed E-state index contributed by atoms with van der Waals surface area (Å²) in [5.41, 5.74) is 2.12. The van der Waals surface area contributed by atoms with Gasteiger partial charge in [-0.1, -0.05) is 55.0 Å². The third-order valence-electron chi connectivity index (χ3n) is 5.11. The van der Waals surface area contributed by atoms with Crippen LogP contribution in [0.4, 0.5) is 0 Å². The minimum absolute atomic E-state index is 0. The molecule has 0 aliphatic heterocycles. The fourth-order valence-electron chi connectivity index (χ4n) is 3.55. The van der Waals surface area contributed by atoms with Gasteiger partial charge in [0.25, 0.3) is 0 Å². The van der Waals surface area contributed by atoms with Crippen LogP contribution >= 0.6 is 51.5 Å². The second-order valence-corrected chi connectivity index (χ2v) is 8.88. The maximum absolute atomic E-state index is 6.09. The van der Waals surface area contributed by atoms with Crippen molar-refractivity contribution in [3.05, 3.63) is 56.0 Å². The van der Waals surface area contributed by atoms with Gasteiger partial charge in [-0.25, -0.2) is 0 Å². The highest BCUT2D eigenvalue weighted by molar-refractivity contribution is 9.10. The molecule has 0 saturated heterocycles. The molecule has 1 aliphatic carbocycles. The quantitative estimate of drug-likeness (QED) is 0.380. The molecule has 0 spiro atoms. The molecule has 0 radical (unpaired) electrons. The van der Waals surface area contributed by atoms with Gasteiger partial charge in [-0.05, 0) is 64.2 Å². The predicted octanol–water partition coefficient (Wildman–Crippen LogP) is 7.58. The first kappa shape index (κ1) is 24.6. The Morgan fingerprint density at radius 2 is 1.72 bits per heavy atom. The fourth-order valence-corrected chi connectivity index (χ4v) is 4.47. The van der Waals surface area contributed by atoms with E-state index in [-0.39, 0.29) is 12.4 Å². The first-order chi connectivity index (χ1) is 13.6. The second kappa shape index (κ2) is 12.3. The van der Waals surface area contributed by atoms with Gasteiger partial charge < -0.3 is 14.8 Å². The van der Waals surface area contributed by atoms with Crippen molar-refractivity contribution in [3.63, 3.8) is 0 Å². The minimum atomic E-state index is 0. The van der Waals surface area contributed by atoms with Crippen molar-refractivity contribution in [2.75, 3.05) is 7.11 Å². The van der Waals surface area contributed by atoms with Gasteiger partial charge in [0, 0.05) is 12.6 Å². The summed E-state index contributed by atoms with van der Waals surface area (Å²) in [4.78, 5) is 0. The molecule has 0 unspecified atom stereocenters. The number of hydrogen-bond donors (Lipinski definition) is 1. The van der Waals surface area contributed by atoms with E-state index in [1.165, 1.54) is 44.1 Å². The summed E-state index contributed by atoms with van der Waals surface area (Å²) in [6.45, 7) is 1.21. The Morgan fingerprint density at radius 1 is 1.00 bits per heavy atom. The lowest BCUT2D eigenvalue weighted by atomic mass is 10.1. The molecule has 1 fully saturated rings. The molecular formula is C22H27BrCl3NO2. The third-order valence-corrected chi connectivity index (χ3v) is 6.43. The summed E-state index contributed by atoms with van der Waals surface area (Å²) < 4.78 is 12.5. The molecule has 0 aromatic heterocycles. The van der Waals surface area contributed by atoms with E-state index < -0.39 is 0 Å². The molecule has 0 heterocycles. The molecule has 1 aliphatic rings. The Morgan fingerprint density at radius 3 is 2.38 bits per heavy atom. The summed E-state index contributed by atoms with van der Waals surface area (Å²) in [7, 11) is 1.66. The largest absolute Gasteiger partial charge is 0.493 e. The van der Waals surface area contributed by atoms with Gasteiger partial charge in [0.1, 0.15) is 6.61 Å². The smallest absolute Gasteiger partial charge is 0.175 e. The molecule has 0 bridgehead atoms. The van der Waals surface area contributed by atoms with E-state index in [9.17, 15) is 0 Å². The van der Waals surface area contributed by atoms with E-state index in [1.807, 2.05) is 18.2 Å². The van der Waals surface area contributed by atoms with E-state index in [0.29, 0.717) is 34.2 Å². The van der Waals surface area contributed by atoms with Crippen LogP contribution in [0, 0.1) is 0 Å². The van der Waals surface area contributed by atoms with Gasteiger partial charge >= 0.3 is 0 Å². The molecule has 3 rings (SSSR count). The average molecular weight is 524 g/mol. The molecule has 2 aromatic carbocycles. The van der Waals surface area contributed by atoms with Crippen molar-refractivity contribution in [2.24, 2.45) is 0 Å². The third kappa shape index (κ3) is 7.22. The molecule has 160 valence electrons.